The number of hydrogen-bond donors (Lipinski definition) is 1. The first-order valence-electron chi connectivity index (χ1n) is 6.10. The standard InChI is InChI=1S/C12H23NO2/c1-3-8-13(9-4-2)10-12(11(14)15)6-5-7-12/h3-10H2,1-2H3,(H,14,15). The van der Waals surface area contributed by atoms with Gasteiger partial charge >= 0.3 is 5.97 Å². The molecule has 0 spiro atoms. The second kappa shape index (κ2) is 5.50. The van der Waals surface area contributed by atoms with Gasteiger partial charge in [-0.1, -0.05) is 20.3 Å². The van der Waals surface area contributed by atoms with Crippen molar-refractivity contribution >= 4 is 5.97 Å². The molecule has 15 heavy (non-hydrogen) atoms. The molecule has 1 N–H and O–H groups in total. The average molecular weight is 213 g/mol. The van der Waals surface area contributed by atoms with Crippen LogP contribution < -0.4 is 0 Å². The van der Waals surface area contributed by atoms with Gasteiger partial charge in [-0.25, -0.2) is 0 Å². The van der Waals surface area contributed by atoms with E-state index in [-0.39, 0.29) is 0 Å². The normalized spacial score (nSPS) is 18.9. The second-order valence-corrected chi connectivity index (χ2v) is 4.72. The van der Waals surface area contributed by atoms with Crippen LogP contribution in [0.4, 0.5) is 0 Å². The zero-order valence-electron chi connectivity index (χ0n) is 9.96. The number of carbonyl (C=O) groups is 1. The molecule has 0 radical (unpaired) electrons. The van der Waals surface area contributed by atoms with Gasteiger partial charge in [0, 0.05) is 6.54 Å². The molecule has 0 atom stereocenters. The maximum absolute atomic E-state index is 11.2. The van der Waals surface area contributed by atoms with Gasteiger partial charge in [-0.05, 0) is 38.8 Å². The largest absolute Gasteiger partial charge is 0.481 e. The first kappa shape index (κ1) is 12.5. The van der Waals surface area contributed by atoms with E-state index in [0.29, 0.717) is 0 Å². The summed E-state index contributed by atoms with van der Waals surface area (Å²) in [6.45, 7) is 7.11. The topological polar surface area (TPSA) is 40.5 Å². The third-order valence-electron chi connectivity index (χ3n) is 3.37. The molecule has 1 rings (SSSR count). The minimum atomic E-state index is -0.592. The minimum Gasteiger partial charge on any atom is -0.481 e. The third kappa shape index (κ3) is 2.94. The van der Waals surface area contributed by atoms with Gasteiger partial charge in [-0.3, -0.25) is 4.79 Å². The van der Waals surface area contributed by atoms with Crippen LogP contribution >= 0.6 is 0 Å². The van der Waals surface area contributed by atoms with Crippen molar-refractivity contribution in [2.24, 2.45) is 5.41 Å². The molecule has 0 aromatic rings. The molecule has 0 heterocycles. The molecule has 3 heteroatoms. The Bertz CT molecular complexity index is 206. The molecule has 0 aliphatic heterocycles. The van der Waals surface area contributed by atoms with E-state index in [1.807, 2.05) is 0 Å². The molecule has 0 saturated heterocycles. The summed E-state index contributed by atoms with van der Waals surface area (Å²) in [4.78, 5) is 13.5. The molecular weight excluding hydrogens is 190 g/mol. The molecular formula is C12H23NO2. The SMILES string of the molecule is CCCN(CCC)CC1(C(=O)O)CCC1. The summed E-state index contributed by atoms with van der Waals surface area (Å²) in [5, 5.41) is 9.24. The van der Waals surface area contributed by atoms with E-state index in [9.17, 15) is 9.90 Å². The van der Waals surface area contributed by atoms with Crippen LogP contribution in [0.2, 0.25) is 0 Å². The van der Waals surface area contributed by atoms with Crippen LogP contribution in [-0.2, 0) is 4.79 Å². The Labute approximate surface area is 92.5 Å². The van der Waals surface area contributed by atoms with Crippen molar-refractivity contribution in [1.82, 2.24) is 4.90 Å². The molecule has 3 nitrogen and oxygen atoms in total. The van der Waals surface area contributed by atoms with Gasteiger partial charge in [0.25, 0.3) is 0 Å². The van der Waals surface area contributed by atoms with Crippen molar-refractivity contribution in [3.8, 4) is 0 Å². The van der Waals surface area contributed by atoms with Crippen LogP contribution in [-0.4, -0.2) is 35.6 Å². The Morgan fingerprint density at radius 2 is 1.80 bits per heavy atom. The summed E-state index contributed by atoms with van der Waals surface area (Å²) in [6.07, 6.45) is 5.03. The van der Waals surface area contributed by atoms with Crippen LogP contribution in [0.25, 0.3) is 0 Å². The lowest BCUT2D eigenvalue weighted by atomic mass is 9.68. The summed E-state index contributed by atoms with van der Waals surface area (Å²) < 4.78 is 0. The molecule has 1 fully saturated rings. The van der Waals surface area contributed by atoms with E-state index in [4.69, 9.17) is 0 Å². The molecule has 1 aliphatic carbocycles. The number of aliphatic carboxylic acids is 1. The van der Waals surface area contributed by atoms with E-state index in [1.165, 1.54) is 0 Å². The maximum Gasteiger partial charge on any atom is 0.310 e. The van der Waals surface area contributed by atoms with Crippen molar-refractivity contribution in [1.29, 1.82) is 0 Å². The smallest absolute Gasteiger partial charge is 0.310 e. The van der Waals surface area contributed by atoms with Gasteiger partial charge in [0.2, 0.25) is 0 Å². The summed E-state index contributed by atoms with van der Waals surface area (Å²) in [6, 6.07) is 0. The monoisotopic (exact) mass is 213 g/mol. The maximum atomic E-state index is 11.2. The van der Waals surface area contributed by atoms with Gasteiger partial charge in [0.05, 0.1) is 5.41 Å². The predicted octanol–water partition coefficient (Wildman–Crippen LogP) is 2.36. The number of carboxylic acid groups (broad SMARTS) is 1. The first-order valence-corrected chi connectivity index (χ1v) is 6.10. The van der Waals surface area contributed by atoms with E-state index < -0.39 is 11.4 Å². The zero-order valence-corrected chi connectivity index (χ0v) is 9.96. The van der Waals surface area contributed by atoms with Gasteiger partial charge in [0.15, 0.2) is 0 Å². The number of rotatable bonds is 7. The predicted molar refractivity (Wildman–Crippen MR) is 60.9 cm³/mol. The molecule has 0 aromatic carbocycles. The third-order valence-corrected chi connectivity index (χ3v) is 3.37. The van der Waals surface area contributed by atoms with Crippen molar-refractivity contribution < 1.29 is 9.90 Å². The summed E-state index contributed by atoms with van der Waals surface area (Å²) in [7, 11) is 0. The van der Waals surface area contributed by atoms with E-state index in [1.54, 1.807) is 0 Å². The molecule has 88 valence electrons. The van der Waals surface area contributed by atoms with Crippen LogP contribution in [0.1, 0.15) is 46.0 Å². The number of hydrogen-bond acceptors (Lipinski definition) is 2. The van der Waals surface area contributed by atoms with Crippen molar-refractivity contribution in [3.63, 3.8) is 0 Å². The Morgan fingerprint density at radius 3 is 2.07 bits per heavy atom. The highest BCUT2D eigenvalue weighted by molar-refractivity contribution is 5.76. The van der Waals surface area contributed by atoms with Gasteiger partial charge in [0.1, 0.15) is 0 Å². The Hall–Kier alpha value is -0.570. The molecule has 0 bridgehead atoms. The lowest BCUT2D eigenvalue weighted by molar-refractivity contribution is -0.156. The van der Waals surface area contributed by atoms with Crippen molar-refractivity contribution in [2.75, 3.05) is 19.6 Å². The lowest BCUT2D eigenvalue weighted by Gasteiger charge is -2.41. The van der Waals surface area contributed by atoms with Gasteiger partial charge < -0.3 is 10.0 Å². The van der Waals surface area contributed by atoms with Crippen LogP contribution in [0.3, 0.4) is 0 Å². The fourth-order valence-corrected chi connectivity index (χ4v) is 2.37. The van der Waals surface area contributed by atoms with Crippen molar-refractivity contribution in [3.05, 3.63) is 0 Å². The Morgan fingerprint density at radius 1 is 1.27 bits per heavy atom. The quantitative estimate of drug-likeness (QED) is 0.705. The average Bonchev–Trinajstić information content (AvgIpc) is 2.11. The summed E-state index contributed by atoms with van der Waals surface area (Å²) in [5.74, 6) is -0.592. The van der Waals surface area contributed by atoms with Gasteiger partial charge in [-0.2, -0.15) is 0 Å². The summed E-state index contributed by atoms with van der Waals surface area (Å²) in [5.41, 5.74) is -0.412. The Kier molecular flexibility index (Phi) is 4.58. The highest BCUT2D eigenvalue weighted by atomic mass is 16.4. The molecule has 1 aliphatic rings. The highest BCUT2D eigenvalue weighted by Gasteiger charge is 2.45. The molecule has 0 aromatic heterocycles. The highest BCUT2D eigenvalue weighted by Crippen LogP contribution is 2.41. The van der Waals surface area contributed by atoms with E-state index in [0.717, 1.165) is 51.7 Å². The lowest BCUT2D eigenvalue weighted by Crippen LogP contribution is -2.48. The van der Waals surface area contributed by atoms with Crippen molar-refractivity contribution in [2.45, 2.75) is 46.0 Å². The summed E-state index contributed by atoms with van der Waals surface area (Å²) >= 11 is 0. The molecule has 0 unspecified atom stereocenters. The fraction of sp³-hybridized carbons (Fsp3) is 0.917. The van der Waals surface area contributed by atoms with Gasteiger partial charge in [-0.15, -0.1) is 0 Å². The second-order valence-electron chi connectivity index (χ2n) is 4.72. The minimum absolute atomic E-state index is 0.412. The zero-order chi connectivity index (χ0) is 11.3. The van der Waals surface area contributed by atoms with Crippen LogP contribution in [0, 0.1) is 5.41 Å². The van der Waals surface area contributed by atoms with E-state index >= 15 is 0 Å². The number of carboxylic acids is 1. The number of nitrogens with zero attached hydrogens (tertiary/aromatic N) is 1. The first-order chi connectivity index (χ1) is 7.14. The Balaban J connectivity index is 2.50. The van der Waals surface area contributed by atoms with E-state index in [2.05, 4.69) is 18.7 Å². The van der Waals surface area contributed by atoms with Crippen LogP contribution in [0.15, 0.2) is 0 Å². The molecule has 0 amide bonds. The molecule has 1 saturated carbocycles. The fourth-order valence-electron chi connectivity index (χ4n) is 2.37. The van der Waals surface area contributed by atoms with Crippen LogP contribution in [0.5, 0.6) is 0 Å².